The molecule has 0 bridgehead atoms. The second-order valence-corrected chi connectivity index (χ2v) is 6.98. The number of thiazole rings is 1. The molecule has 21 heavy (non-hydrogen) atoms. The maximum atomic E-state index is 6.27. The van der Waals surface area contributed by atoms with Crippen LogP contribution in [0.1, 0.15) is 30.7 Å². The summed E-state index contributed by atoms with van der Waals surface area (Å²) in [5.74, 6) is 0.567. The number of rotatable bonds is 2. The molecule has 1 atom stereocenters. The van der Waals surface area contributed by atoms with Crippen LogP contribution in [0.4, 0.5) is 5.13 Å². The number of benzene rings is 1. The highest BCUT2D eigenvalue weighted by Crippen LogP contribution is 2.43. The van der Waals surface area contributed by atoms with Gasteiger partial charge in [0.1, 0.15) is 0 Å². The molecule has 110 valence electrons. The van der Waals surface area contributed by atoms with Gasteiger partial charge < -0.3 is 9.64 Å². The van der Waals surface area contributed by atoms with Gasteiger partial charge in [0.05, 0.1) is 12.2 Å². The number of aromatic nitrogens is 1. The van der Waals surface area contributed by atoms with Gasteiger partial charge in [0.2, 0.25) is 0 Å². The van der Waals surface area contributed by atoms with E-state index in [1.807, 2.05) is 6.20 Å². The Labute approximate surface area is 129 Å². The van der Waals surface area contributed by atoms with Crippen molar-refractivity contribution in [2.75, 3.05) is 24.6 Å². The Morgan fingerprint density at radius 2 is 2.00 bits per heavy atom. The number of nitrogens with zero attached hydrogens (tertiary/aromatic N) is 2. The first-order chi connectivity index (χ1) is 10.3. The fraction of sp³-hybridized carbons (Fsp3) is 0.471. The Kier molecular flexibility index (Phi) is 3.43. The van der Waals surface area contributed by atoms with Crippen molar-refractivity contribution >= 4 is 16.5 Å². The lowest BCUT2D eigenvalue weighted by Crippen LogP contribution is -2.44. The first-order valence-corrected chi connectivity index (χ1v) is 8.56. The summed E-state index contributed by atoms with van der Waals surface area (Å²) in [4.78, 5) is 6.82. The Hall–Kier alpha value is -1.39. The lowest BCUT2D eigenvalue weighted by Gasteiger charge is -2.38. The van der Waals surface area contributed by atoms with Crippen LogP contribution in [0, 0.1) is 0 Å². The number of hydrogen-bond acceptors (Lipinski definition) is 4. The highest BCUT2D eigenvalue weighted by atomic mass is 32.1. The Bertz CT molecular complexity index is 576. The third-order valence-corrected chi connectivity index (χ3v) is 5.68. The number of piperidine rings is 1. The third kappa shape index (κ3) is 2.58. The standard InChI is InChI=1S/C17H20N2OS/c1-2-4-14(5-3-1)15-12-17(20-13-15)6-9-19(10-7-17)16-18-8-11-21-16/h1-5,8,11,15H,6-7,9-10,12-13H2. The van der Waals surface area contributed by atoms with E-state index in [0.29, 0.717) is 5.92 Å². The van der Waals surface area contributed by atoms with Gasteiger partial charge in [-0.1, -0.05) is 30.3 Å². The summed E-state index contributed by atoms with van der Waals surface area (Å²) < 4.78 is 6.27. The summed E-state index contributed by atoms with van der Waals surface area (Å²) in [7, 11) is 0. The van der Waals surface area contributed by atoms with Crippen LogP contribution in [0.15, 0.2) is 41.9 Å². The van der Waals surface area contributed by atoms with Gasteiger partial charge in [0, 0.05) is 30.6 Å². The van der Waals surface area contributed by atoms with Gasteiger partial charge in [0.15, 0.2) is 5.13 Å². The maximum Gasteiger partial charge on any atom is 0.185 e. The monoisotopic (exact) mass is 300 g/mol. The fourth-order valence-corrected chi connectivity index (χ4v) is 4.31. The molecule has 3 nitrogen and oxygen atoms in total. The normalized spacial score (nSPS) is 24.6. The molecule has 0 aliphatic carbocycles. The van der Waals surface area contributed by atoms with Gasteiger partial charge in [-0.2, -0.15) is 0 Å². The van der Waals surface area contributed by atoms with E-state index in [9.17, 15) is 0 Å². The second-order valence-electron chi connectivity index (χ2n) is 6.11. The summed E-state index contributed by atoms with van der Waals surface area (Å²) in [6, 6.07) is 10.8. The lowest BCUT2D eigenvalue weighted by atomic mass is 9.83. The molecule has 4 heteroatoms. The van der Waals surface area contributed by atoms with Crippen LogP contribution in [-0.2, 0) is 4.74 Å². The lowest BCUT2D eigenvalue weighted by molar-refractivity contribution is -0.0148. The Morgan fingerprint density at radius 1 is 1.19 bits per heavy atom. The molecule has 1 aromatic heterocycles. The second kappa shape index (κ2) is 5.43. The topological polar surface area (TPSA) is 25.4 Å². The van der Waals surface area contributed by atoms with E-state index in [4.69, 9.17) is 4.74 Å². The molecule has 0 saturated carbocycles. The highest BCUT2D eigenvalue weighted by Gasteiger charge is 2.43. The van der Waals surface area contributed by atoms with Gasteiger partial charge in [-0.05, 0) is 24.8 Å². The summed E-state index contributed by atoms with van der Waals surface area (Å²) in [5.41, 5.74) is 1.53. The van der Waals surface area contributed by atoms with Crippen LogP contribution in [0.2, 0.25) is 0 Å². The largest absolute Gasteiger partial charge is 0.374 e. The van der Waals surface area contributed by atoms with Gasteiger partial charge in [-0.3, -0.25) is 0 Å². The molecule has 1 spiro atoms. The minimum Gasteiger partial charge on any atom is -0.374 e. The van der Waals surface area contributed by atoms with Crippen LogP contribution in [0.3, 0.4) is 0 Å². The van der Waals surface area contributed by atoms with Crippen molar-refractivity contribution in [1.82, 2.24) is 4.98 Å². The van der Waals surface area contributed by atoms with Crippen molar-refractivity contribution in [2.24, 2.45) is 0 Å². The summed E-state index contributed by atoms with van der Waals surface area (Å²) in [6.45, 7) is 3.01. The minimum absolute atomic E-state index is 0.105. The van der Waals surface area contributed by atoms with Crippen molar-refractivity contribution in [3.63, 3.8) is 0 Å². The molecule has 1 aromatic carbocycles. The predicted molar refractivity (Wildman–Crippen MR) is 86.0 cm³/mol. The average Bonchev–Trinajstić information content (AvgIpc) is 3.20. The fourth-order valence-electron chi connectivity index (χ4n) is 3.61. The Morgan fingerprint density at radius 3 is 2.71 bits per heavy atom. The van der Waals surface area contributed by atoms with Crippen LogP contribution < -0.4 is 4.90 Å². The number of ether oxygens (including phenoxy) is 1. The SMILES string of the molecule is c1ccc(C2COC3(CCN(c4nccs4)CC3)C2)cc1. The Balaban J connectivity index is 1.42. The van der Waals surface area contributed by atoms with Gasteiger partial charge in [-0.15, -0.1) is 11.3 Å². The van der Waals surface area contributed by atoms with Crippen molar-refractivity contribution in [2.45, 2.75) is 30.8 Å². The minimum atomic E-state index is 0.105. The molecule has 0 N–H and O–H groups in total. The van der Waals surface area contributed by atoms with Gasteiger partial charge in [-0.25, -0.2) is 4.98 Å². The summed E-state index contributed by atoms with van der Waals surface area (Å²) in [6.07, 6.45) is 5.30. The zero-order chi connectivity index (χ0) is 14.1. The van der Waals surface area contributed by atoms with Crippen molar-refractivity contribution in [3.8, 4) is 0 Å². The van der Waals surface area contributed by atoms with E-state index in [0.717, 1.165) is 37.7 Å². The van der Waals surface area contributed by atoms with Crippen molar-refractivity contribution in [1.29, 1.82) is 0 Å². The van der Waals surface area contributed by atoms with E-state index in [1.165, 1.54) is 12.0 Å². The van der Waals surface area contributed by atoms with Crippen LogP contribution in [0.25, 0.3) is 0 Å². The quantitative estimate of drug-likeness (QED) is 0.846. The van der Waals surface area contributed by atoms with E-state index in [2.05, 4.69) is 45.6 Å². The predicted octanol–water partition coefficient (Wildman–Crippen LogP) is 3.69. The van der Waals surface area contributed by atoms with E-state index in [-0.39, 0.29) is 5.60 Å². The number of hydrogen-bond donors (Lipinski definition) is 0. The first-order valence-electron chi connectivity index (χ1n) is 7.68. The van der Waals surface area contributed by atoms with Crippen LogP contribution in [-0.4, -0.2) is 30.3 Å². The molecule has 0 amide bonds. The van der Waals surface area contributed by atoms with E-state index >= 15 is 0 Å². The van der Waals surface area contributed by atoms with Crippen LogP contribution in [0.5, 0.6) is 0 Å². The first kappa shape index (κ1) is 13.3. The molecule has 2 saturated heterocycles. The van der Waals surface area contributed by atoms with Crippen molar-refractivity contribution in [3.05, 3.63) is 47.5 Å². The van der Waals surface area contributed by atoms with Crippen LogP contribution >= 0.6 is 11.3 Å². The van der Waals surface area contributed by atoms with E-state index < -0.39 is 0 Å². The molecular formula is C17H20N2OS. The molecule has 2 aliphatic rings. The summed E-state index contributed by atoms with van der Waals surface area (Å²) in [5, 5.41) is 3.21. The molecule has 1 unspecified atom stereocenters. The van der Waals surface area contributed by atoms with Crippen molar-refractivity contribution < 1.29 is 4.74 Å². The molecule has 2 aliphatic heterocycles. The van der Waals surface area contributed by atoms with Gasteiger partial charge >= 0.3 is 0 Å². The zero-order valence-corrected chi connectivity index (χ0v) is 12.9. The molecule has 4 rings (SSSR count). The average molecular weight is 300 g/mol. The third-order valence-electron chi connectivity index (χ3n) is 4.84. The molecule has 2 aromatic rings. The molecular weight excluding hydrogens is 280 g/mol. The molecule has 3 heterocycles. The summed E-state index contributed by atoms with van der Waals surface area (Å²) >= 11 is 1.73. The molecule has 0 radical (unpaired) electrons. The smallest absolute Gasteiger partial charge is 0.185 e. The van der Waals surface area contributed by atoms with E-state index in [1.54, 1.807) is 11.3 Å². The van der Waals surface area contributed by atoms with Gasteiger partial charge in [0.25, 0.3) is 0 Å². The highest BCUT2D eigenvalue weighted by molar-refractivity contribution is 7.13. The number of anilines is 1. The zero-order valence-electron chi connectivity index (χ0n) is 12.1. The molecule has 2 fully saturated rings. The maximum absolute atomic E-state index is 6.27.